The van der Waals surface area contributed by atoms with E-state index in [2.05, 4.69) is 25.7 Å². The first kappa shape index (κ1) is 24.0. The summed E-state index contributed by atoms with van der Waals surface area (Å²) in [6.07, 6.45) is 1.88. The number of nitrogens with zero attached hydrogens (tertiary/aromatic N) is 4. The minimum absolute atomic E-state index is 0.0489. The van der Waals surface area contributed by atoms with Crippen molar-refractivity contribution in [3.8, 4) is 0 Å². The first-order valence-electron chi connectivity index (χ1n) is 11.8. The highest BCUT2D eigenvalue weighted by atomic mass is 19.3. The molecule has 0 bridgehead atoms. The van der Waals surface area contributed by atoms with Crippen molar-refractivity contribution in [2.45, 2.75) is 56.0 Å². The molecule has 1 saturated heterocycles. The molecule has 0 radical (unpaired) electrons. The molecule has 188 valence electrons. The highest BCUT2D eigenvalue weighted by Crippen LogP contribution is 2.48. The Bertz CT molecular complexity index is 1230. The van der Waals surface area contributed by atoms with Gasteiger partial charge in [0, 0.05) is 24.9 Å². The lowest BCUT2D eigenvalue weighted by molar-refractivity contribution is -0.138. The maximum atomic E-state index is 14.9. The zero-order chi connectivity index (χ0) is 25.3. The third-order valence-corrected chi connectivity index (χ3v) is 6.83. The van der Waals surface area contributed by atoms with E-state index < -0.39 is 42.7 Å². The summed E-state index contributed by atoms with van der Waals surface area (Å²) in [5, 5.41) is 12.9. The Kier molecular flexibility index (Phi) is 6.46. The quantitative estimate of drug-likeness (QED) is 0.487. The van der Waals surface area contributed by atoms with Gasteiger partial charge in [-0.3, -0.25) is 14.7 Å². The third-order valence-electron chi connectivity index (χ3n) is 6.83. The Hall–Kier alpha value is -3.76. The number of amides is 2. The zero-order valence-corrected chi connectivity index (χ0v) is 19.3. The molecule has 2 N–H and O–H groups in total. The number of carbonyl (C=O) groups is 2. The number of aromatic nitrogens is 4. The van der Waals surface area contributed by atoms with Crippen molar-refractivity contribution < 1.29 is 22.8 Å². The predicted molar refractivity (Wildman–Crippen MR) is 122 cm³/mol. The average Bonchev–Trinajstić information content (AvgIpc) is 3.54. The summed E-state index contributed by atoms with van der Waals surface area (Å²) < 4.78 is 41.5. The van der Waals surface area contributed by atoms with E-state index in [9.17, 15) is 22.8 Å². The number of likely N-dealkylation sites (tertiary alicyclic amines) is 1. The van der Waals surface area contributed by atoms with Crippen LogP contribution in [0, 0.1) is 5.95 Å². The van der Waals surface area contributed by atoms with Gasteiger partial charge in [-0.2, -0.15) is 4.39 Å². The van der Waals surface area contributed by atoms with E-state index in [1.807, 2.05) is 6.07 Å². The van der Waals surface area contributed by atoms with E-state index in [1.54, 1.807) is 30.3 Å². The summed E-state index contributed by atoms with van der Waals surface area (Å²) in [5.74, 6) is -4.75. The van der Waals surface area contributed by atoms with E-state index in [4.69, 9.17) is 0 Å². The van der Waals surface area contributed by atoms with Gasteiger partial charge in [0.1, 0.15) is 6.04 Å². The maximum absolute atomic E-state index is 14.9. The van der Waals surface area contributed by atoms with Crippen molar-refractivity contribution >= 4 is 11.8 Å². The standard InChI is InChI=1S/C25H25F3N6O2/c26-23-18(16-12-25(27,28)13-16)8-9-19(30-23)22(15-5-2-1-3-6-15)31-24(36)20-7-4-10-34(20)21(35)11-17-14-29-33-32-17/h1-3,5-6,8-9,14,16,20,22H,4,7,10-13H2,(H,31,36)(H,29,32,33)/t20-,22-/m0/s1. The zero-order valence-electron chi connectivity index (χ0n) is 19.3. The second-order valence-electron chi connectivity index (χ2n) is 9.33. The van der Waals surface area contributed by atoms with E-state index in [-0.39, 0.29) is 29.5 Å². The normalized spacial score (nSPS) is 20.1. The maximum Gasteiger partial charge on any atom is 0.249 e. The van der Waals surface area contributed by atoms with Crippen LogP contribution in [0.15, 0.2) is 48.7 Å². The SMILES string of the molecule is O=C(N[C@@H](c1ccccc1)c1ccc(C2CC(F)(F)C2)c(F)n1)[C@@H]1CCCN1C(=O)Cc1cnn[nH]1. The Morgan fingerprint density at radius 1 is 1.17 bits per heavy atom. The predicted octanol–water partition coefficient (Wildman–Crippen LogP) is 3.29. The molecule has 2 atom stereocenters. The fourth-order valence-corrected chi connectivity index (χ4v) is 4.93. The third kappa shape index (κ3) is 4.95. The van der Waals surface area contributed by atoms with Crippen LogP contribution in [0.25, 0.3) is 0 Å². The molecule has 2 amide bonds. The second kappa shape index (κ2) is 9.71. The van der Waals surface area contributed by atoms with E-state index in [0.717, 1.165) is 0 Å². The Morgan fingerprint density at radius 3 is 2.61 bits per heavy atom. The fraction of sp³-hybridized carbons (Fsp3) is 0.400. The van der Waals surface area contributed by atoms with Crippen LogP contribution < -0.4 is 5.32 Å². The molecule has 1 aliphatic carbocycles. The summed E-state index contributed by atoms with van der Waals surface area (Å²) in [6, 6.07) is 10.6. The number of H-pyrrole nitrogens is 1. The molecule has 2 aliphatic rings. The molecule has 0 unspecified atom stereocenters. The van der Waals surface area contributed by atoms with Gasteiger partial charge >= 0.3 is 0 Å². The molecule has 0 spiro atoms. The Balaban J connectivity index is 1.35. The second-order valence-corrected chi connectivity index (χ2v) is 9.33. The summed E-state index contributed by atoms with van der Waals surface area (Å²) >= 11 is 0. The number of halogens is 3. The van der Waals surface area contributed by atoms with Crippen molar-refractivity contribution in [3.05, 3.63) is 77.1 Å². The highest BCUT2D eigenvalue weighted by molar-refractivity contribution is 5.89. The average molecular weight is 499 g/mol. The van der Waals surface area contributed by atoms with Crippen LogP contribution in [-0.4, -0.2) is 55.6 Å². The number of benzene rings is 1. The number of carbonyl (C=O) groups excluding carboxylic acids is 2. The lowest BCUT2D eigenvalue weighted by atomic mass is 9.77. The van der Waals surface area contributed by atoms with E-state index >= 15 is 0 Å². The van der Waals surface area contributed by atoms with Gasteiger partial charge in [-0.25, -0.2) is 13.8 Å². The van der Waals surface area contributed by atoms with E-state index in [1.165, 1.54) is 17.2 Å². The van der Waals surface area contributed by atoms with Crippen molar-refractivity contribution in [2.24, 2.45) is 0 Å². The van der Waals surface area contributed by atoms with Crippen LogP contribution in [0.4, 0.5) is 13.2 Å². The fourth-order valence-electron chi connectivity index (χ4n) is 4.93. The van der Waals surface area contributed by atoms with Crippen LogP contribution in [-0.2, 0) is 16.0 Å². The van der Waals surface area contributed by atoms with Crippen LogP contribution in [0.1, 0.15) is 60.2 Å². The monoisotopic (exact) mass is 498 g/mol. The molecule has 3 aromatic rings. The van der Waals surface area contributed by atoms with Gasteiger partial charge < -0.3 is 10.2 Å². The van der Waals surface area contributed by atoms with Crippen LogP contribution in [0.3, 0.4) is 0 Å². The molecule has 11 heteroatoms. The molecular formula is C25H25F3N6O2. The molecule has 1 aliphatic heterocycles. The van der Waals surface area contributed by atoms with E-state index in [0.29, 0.717) is 30.6 Å². The summed E-state index contributed by atoms with van der Waals surface area (Å²) in [6.45, 7) is 0.447. The minimum atomic E-state index is -2.77. The molecule has 3 heterocycles. The van der Waals surface area contributed by atoms with Gasteiger partial charge in [0.2, 0.25) is 23.7 Å². The summed E-state index contributed by atoms with van der Waals surface area (Å²) in [5.41, 5.74) is 1.64. The van der Waals surface area contributed by atoms with Crippen molar-refractivity contribution in [3.63, 3.8) is 0 Å². The number of rotatable bonds is 7. The summed E-state index contributed by atoms with van der Waals surface area (Å²) in [4.78, 5) is 31.8. The number of hydrogen-bond acceptors (Lipinski definition) is 5. The van der Waals surface area contributed by atoms with Crippen molar-refractivity contribution in [2.75, 3.05) is 6.54 Å². The van der Waals surface area contributed by atoms with Gasteiger partial charge in [0.05, 0.1) is 30.0 Å². The lowest BCUT2D eigenvalue weighted by Gasteiger charge is -2.35. The van der Waals surface area contributed by atoms with Crippen LogP contribution in [0.2, 0.25) is 0 Å². The van der Waals surface area contributed by atoms with Gasteiger partial charge in [-0.15, -0.1) is 5.10 Å². The van der Waals surface area contributed by atoms with Crippen LogP contribution in [0.5, 0.6) is 0 Å². The number of hydrogen-bond donors (Lipinski definition) is 2. The van der Waals surface area contributed by atoms with Gasteiger partial charge in [0.15, 0.2) is 0 Å². The number of alkyl halides is 2. The Labute approximate surface area is 205 Å². The van der Waals surface area contributed by atoms with Crippen molar-refractivity contribution in [1.29, 1.82) is 0 Å². The summed E-state index contributed by atoms with van der Waals surface area (Å²) in [7, 11) is 0. The van der Waals surface area contributed by atoms with Gasteiger partial charge in [0.25, 0.3) is 0 Å². The molecule has 2 fully saturated rings. The molecule has 36 heavy (non-hydrogen) atoms. The molecule has 8 nitrogen and oxygen atoms in total. The molecule has 1 aromatic carbocycles. The van der Waals surface area contributed by atoms with Gasteiger partial charge in [-0.05, 0) is 30.4 Å². The topological polar surface area (TPSA) is 104 Å². The lowest BCUT2D eigenvalue weighted by Crippen LogP contribution is -2.47. The number of nitrogens with one attached hydrogen (secondary N) is 2. The minimum Gasteiger partial charge on any atom is -0.342 e. The highest BCUT2D eigenvalue weighted by Gasteiger charge is 2.47. The molecule has 1 saturated carbocycles. The largest absolute Gasteiger partial charge is 0.342 e. The van der Waals surface area contributed by atoms with Gasteiger partial charge in [-0.1, -0.05) is 41.6 Å². The van der Waals surface area contributed by atoms with Crippen LogP contribution >= 0.6 is 0 Å². The number of aromatic amines is 1. The van der Waals surface area contributed by atoms with Crippen molar-refractivity contribution in [1.82, 2.24) is 30.6 Å². The first-order valence-corrected chi connectivity index (χ1v) is 11.8. The first-order chi connectivity index (χ1) is 17.3. The molecular weight excluding hydrogens is 473 g/mol. The molecule has 2 aromatic heterocycles. The Morgan fingerprint density at radius 2 is 1.94 bits per heavy atom. The number of pyridine rings is 1. The smallest absolute Gasteiger partial charge is 0.249 e. The molecule has 5 rings (SSSR count).